The van der Waals surface area contributed by atoms with Crippen LogP contribution in [0.3, 0.4) is 0 Å². The number of rotatable bonds is 1. The third-order valence-corrected chi connectivity index (χ3v) is 6.23. The van der Waals surface area contributed by atoms with E-state index in [1.165, 1.54) is 0 Å². The molecule has 3 aromatic heterocycles. The Labute approximate surface area is 183 Å². The van der Waals surface area contributed by atoms with Crippen LogP contribution in [0.25, 0.3) is 16.7 Å². The molecule has 4 heterocycles. The summed E-state index contributed by atoms with van der Waals surface area (Å²) in [5.41, 5.74) is 5.14. The van der Waals surface area contributed by atoms with E-state index in [0.717, 1.165) is 47.2 Å². The van der Waals surface area contributed by atoms with Crippen molar-refractivity contribution in [3.05, 3.63) is 35.7 Å². The molecular weight excluding hydrogens is 410 g/mol. The number of nitrogens with one attached hydrogen (secondary N) is 3. The molecule has 2 aliphatic rings. The van der Waals surface area contributed by atoms with E-state index < -0.39 is 0 Å². The highest BCUT2D eigenvalue weighted by atomic mass is 16.5. The van der Waals surface area contributed by atoms with E-state index in [4.69, 9.17) is 4.74 Å². The standard InChI is InChI=1S/C21H23N9O2/c1-22-15-8-18-24-13-6-11(7-14-19(13)29(2)28-26-14)10-32-17-5-3-4-12(17)25-21(31)16-9-23-20(15)30(16)27-18/h6-9,12,17,22H,3-5,10H2,1-2H3,(H,24,27)(H,25,31)/t12-,17-/m1/s1. The molecule has 11 nitrogen and oxygen atoms in total. The van der Waals surface area contributed by atoms with Gasteiger partial charge in [-0.2, -0.15) is 0 Å². The maximum atomic E-state index is 13.1. The Balaban J connectivity index is 1.56. The highest BCUT2D eigenvalue weighted by Crippen LogP contribution is 2.30. The van der Waals surface area contributed by atoms with Crippen LogP contribution in [0.4, 0.5) is 17.2 Å². The second-order valence-electron chi connectivity index (χ2n) is 8.28. The van der Waals surface area contributed by atoms with E-state index in [1.807, 2.05) is 32.3 Å². The maximum Gasteiger partial charge on any atom is 0.271 e. The predicted octanol–water partition coefficient (Wildman–Crippen LogP) is 1.98. The fourth-order valence-electron chi connectivity index (χ4n) is 4.67. The largest absolute Gasteiger partial charge is 0.385 e. The summed E-state index contributed by atoms with van der Waals surface area (Å²) < 4.78 is 9.55. The molecule has 0 spiro atoms. The second kappa shape index (κ2) is 7.16. The molecule has 4 aromatic rings. The molecule has 1 aromatic carbocycles. The fourth-order valence-corrected chi connectivity index (χ4v) is 4.67. The molecule has 11 heteroatoms. The van der Waals surface area contributed by atoms with Gasteiger partial charge in [0.1, 0.15) is 11.0 Å². The Morgan fingerprint density at radius 1 is 1.25 bits per heavy atom. The summed E-state index contributed by atoms with van der Waals surface area (Å²) in [6.45, 7) is 0.421. The van der Waals surface area contributed by atoms with Crippen LogP contribution in [-0.4, -0.2) is 54.7 Å². The lowest BCUT2D eigenvalue weighted by Gasteiger charge is -2.22. The number of carbonyl (C=O) groups excluding carboxylic acids is 1. The summed E-state index contributed by atoms with van der Waals surface area (Å²) in [5.74, 6) is 0.351. The average molecular weight is 433 g/mol. The number of ether oxygens (including phenoxy) is 1. The smallest absolute Gasteiger partial charge is 0.271 e. The first-order valence-corrected chi connectivity index (χ1v) is 10.7. The van der Waals surface area contributed by atoms with Gasteiger partial charge in [-0.3, -0.25) is 4.79 Å². The van der Waals surface area contributed by atoms with Crippen LogP contribution in [0.1, 0.15) is 35.3 Å². The predicted molar refractivity (Wildman–Crippen MR) is 118 cm³/mol. The van der Waals surface area contributed by atoms with E-state index in [0.29, 0.717) is 23.8 Å². The van der Waals surface area contributed by atoms with Crippen LogP contribution in [0.15, 0.2) is 24.4 Å². The van der Waals surface area contributed by atoms with Crippen molar-refractivity contribution in [2.75, 3.05) is 17.7 Å². The maximum absolute atomic E-state index is 13.1. The molecule has 0 radical (unpaired) electrons. The lowest BCUT2D eigenvalue weighted by Crippen LogP contribution is -2.41. The first-order chi connectivity index (χ1) is 15.6. The topological polar surface area (TPSA) is 123 Å². The van der Waals surface area contributed by atoms with Crippen molar-refractivity contribution < 1.29 is 9.53 Å². The Bertz CT molecular complexity index is 1360. The van der Waals surface area contributed by atoms with E-state index >= 15 is 0 Å². The van der Waals surface area contributed by atoms with E-state index in [-0.39, 0.29) is 18.1 Å². The molecule has 0 saturated heterocycles. The number of hydrogen-bond acceptors (Lipinski definition) is 8. The number of fused-ring (bicyclic) bond motifs is 6. The Kier molecular flexibility index (Phi) is 4.25. The molecule has 4 bridgehead atoms. The summed E-state index contributed by atoms with van der Waals surface area (Å²) in [6, 6.07) is 5.84. The summed E-state index contributed by atoms with van der Waals surface area (Å²) in [7, 11) is 3.67. The Morgan fingerprint density at radius 2 is 2.16 bits per heavy atom. The third kappa shape index (κ3) is 2.96. The number of anilines is 3. The lowest BCUT2D eigenvalue weighted by atomic mass is 10.1. The Hall–Kier alpha value is -3.73. The second-order valence-corrected chi connectivity index (χ2v) is 8.28. The van der Waals surface area contributed by atoms with E-state index in [2.05, 4.69) is 36.3 Å². The van der Waals surface area contributed by atoms with Gasteiger partial charge in [-0.1, -0.05) is 5.21 Å². The molecule has 1 fully saturated rings. The first-order valence-electron chi connectivity index (χ1n) is 10.7. The van der Waals surface area contributed by atoms with Gasteiger partial charge < -0.3 is 20.7 Å². The van der Waals surface area contributed by atoms with Crippen molar-refractivity contribution in [3.8, 4) is 0 Å². The number of hydrogen-bond donors (Lipinski definition) is 3. The summed E-state index contributed by atoms with van der Waals surface area (Å²) in [5, 5.41) is 22.8. The van der Waals surface area contributed by atoms with Crippen molar-refractivity contribution in [3.63, 3.8) is 0 Å². The number of nitrogens with zero attached hydrogens (tertiary/aromatic N) is 6. The van der Waals surface area contributed by atoms with Crippen molar-refractivity contribution in [2.24, 2.45) is 7.05 Å². The Morgan fingerprint density at radius 3 is 3.03 bits per heavy atom. The molecule has 32 heavy (non-hydrogen) atoms. The lowest BCUT2D eigenvalue weighted by molar-refractivity contribution is 0.0271. The third-order valence-electron chi connectivity index (χ3n) is 6.23. The zero-order valence-electron chi connectivity index (χ0n) is 17.8. The van der Waals surface area contributed by atoms with Crippen LogP contribution < -0.4 is 16.0 Å². The van der Waals surface area contributed by atoms with Crippen LogP contribution in [0.5, 0.6) is 0 Å². The molecule has 2 atom stereocenters. The van der Waals surface area contributed by atoms with Gasteiger partial charge in [0.15, 0.2) is 17.2 Å². The number of imidazole rings is 1. The van der Waals surface area contributed by atoms with Crippen LogP contribution in [0.2, 0.25) is 0 Å². The van der Waals surface area contributed by atoms with Gasteiger partial charge in [0.2, 0.25) is 0 Å². The molecule has 1 aliphatic heterocycles. The molecule has 164 valence electrons. The number of amides is 1. The van der Waals surface area contributed by atoms with Gasteiger partial charge in [0.05, 0.1) is 36.3 Å². The minimum atomic E-state index is -0.210. The zero-order valence-corrected chi connectivity index (χ0v) is 17.8. The number of benzene rings is 1. The molecule has 1 amide bonds. The summed E-state index contributed by atoms with van der Waals surface area (Å²) >= 11 is 0. The van der Waals surface area contributed by atoms with Gasteiger partial charge in [0, 0.05) is 20.2 Å². The molecule has 1 aliphatic carbocycles. The highest BCUT2D eigenvalue weighted by molar-refractivity contribution is 5.94. The fraction of sp³-hybridized carbons (Fsp3) is 0.381. The molecular formula is C21H23N9O2. The molecule has 0 unspecified atom stereocenters. The van der Waals surface area contributed by atoms with Gasteiger partial charge in [-0.25, -0.2) is 14.2 Å². The van der Waals surface area contributed by atoms with E-state index in [1.54, 1.807) is 15.4 Å². The zero-order chi connectivity index (χ0) is 21.8. The van der Waals surface area contributed by atoms with Gasteiger partial charge >= 0.3 is 0 Å². The monoisotopic (exact) mass is 433 g/mol. The normalized spacial score (nSPS) is 20.8. The van der Waals surface area contributed by atoms with Crippen molar-refractivity contribution in [1.29, 1.82) is 0 Å². The molecule has 1 saturated carbocycles. The minimum Gasteiger partial charge on any atom is -0.385 e. The summed E-state index contributed by atoms with van der Waals surface area (Å²) in [6.07, 6.45) is 4.30. The highest BCUT2D eigenvalue weighted by Gasteiger charge is 2.31. The SMILES string of the molecule is CNc1cc2nn3c(cnc13)C(=O)N[C@@H]1CCC[C@H]1OCc1cc(c3c(c1)nnn3C)N2. The molecule has 3 N–H and O–H groups in total. The van der Waals surface area contributed by atoms with Crippen LogP contribution >= 0.6 is 0 Å². The minimum absolute atomic E-state index is 0.0496. The van der Waals surface area contributed by atoms with E-state index in [9.17, 15) is 4.79 Å². The summed E-state index contributed by atoms with van der Waals surface area (Å²) in [4.78, 5) is 17.6. The van der Waals surface area contributed by atoms with Gasteiger partial charge in [-0.15, -0.1) is 10.2 Å². The van der Waals surface area contributed by atoms with Crippen LogP contribution in [0, 0.1) is 0 Å². The number of aryl methyl sites for hydroxylation is 1. The quantitative estimate of drug-likeness (QED) is 0.416. The number of aromatic nitrogens is 6. The molecule has 6 rings (SSSR count). The van der Waals surface area contributed by atoms with Crippen molar-refractivity contribution in [2.45, 2.75) is 38.0 Å². The van der Waals surface area contributed by atoms with Crippen molar-refractivity contribution in [1.82, 2.24) is 34.9 Å². The first kappa shape index (κ1) is 19.0. The van der Waals surface area contributed by atoms with Gasteiger partial charge in [-0.05, 0) is 37.0 Å². The van der Waals surface area contributed by atoms with Crippen molar-refractivity contribution >= 4 is 39.8 Å². The average Bonchev–Trinajstić information content (AvgIpc) is 3.50. The number of carbonyl (C=O) groups is 1. The van der Waals surface area contributed by atoms with Gasteiger partial charge in [0.25, 0.3) is 5.91 Å². The van der Waals surface area contributed by atoms with Crippen LogP contribution in [-0.2, 0) is 18.4 Å².